The molecule has 0 aromatic carbocycles. The Balaban J connectivity index is 1.40. The molecule has 3 aromatic heterocycles. The van der Waals surface area contributed by atoms with Crippen LogP contribution in [0.5, 0.6) is 5.88 Å². The number of amides is 1. The maximum atomic E-state index is 13.8. The zero-order valence-electron chi connectivity index (χ0n) is 21.6. The summed E-state index contributed by atoms with van der Waals surface area (Å²) in [6, 6.07) is 3.34. The van der Waals surface area contributed by atoms with Crippen molar-refractivity contribution < 1.29 is 22.7 Å². The van der Waals surface area contributed by atoms with Crippen molar-refractivity contribution >= 4 is 17.4 Å². The normalized spacial score (nSPS) is 24.3. The molecule has 0 spiro atoms. The van der Waals surface area contributed by atoms with Crippen LogP contribution in [0.4, 0.5) is 18.9 Å². The molecule has 0 unspecified atom stereocenters. The predicted molar refractivity (Wildman–Crippen MR) is 135 cm³/mol. The molecule has 1 amide bonds. The van der Waals surface area contributed by atoms with Crippen molar-refractivity contribution in [3.63, 3.8) is 0 Å². The van der Waals surface area contributed by atoms with Crippen molar-refractivity contribution in [2.75, 3.05) is 38.2 Å². The number of hydrogen-bond acceptors (Lipinski definition) is 8. The van der Waals surface area contributed by atoms with E-state index in [0.29, 0.717) is 55.4 Å². The van der Waals surface area contributed by atoms with Gasteiger partial charge in [0.2, 0.25) is 17.6 Å². The van der Waals surface area contributed by atoms with Crippen LogP contribution in [0.2, 0.25) is 0 Å². The largest absolute Gasteiger partial charge is 0.481 e. The molecule has 14 heteroatoms. The van der Waals surface area contributed by atoms with E-state index in [9.17, 15) is 22.8 Å². The monoisotopic (exact) mass is 546 g/mol. The lowest BCUT2D eigenvalue weighted by atomic mass is 9.39. The Kier molecular flexibility index (Phi) is 5.86. The van der Waals surface area contributed by atoms with E-state index in [2.05, 4.69) is 25.7 Å². The van der Waals surface area contributed by atoms with Crippen molar-refractivity contribution in [1.82, 2.24) is 34.8 Å². The fourth-order valence-corrected chi connectivity index (χ4v) is 6.30. The van der Waals surface area contributed by atoms with Crippen LogP contribution in [0.15, 0.2) is 23.1 Å². The highest BCUT2D eigenvalue weighted by atomic mass is 19.4. The van der Waals surface area contributed by atoms with Crippen molar-refractivity contribution in [3.05, 3.63) is 34.4 Å². The number of fused-ring (bicyclic) bond motifs is 1. The van der Waals surface area contributed by atoms with E-state index in [4.69, 9.17) is 4.74 Å². The number of methoxy groups -OCH3 is 1. The molecule has 1 saturated heterocycles. The van der Waals surface area contributed by atoms with Gasteiger partial charge in [-0.2, -0.15) is 22.7 Å². The van der Waals surface area contributed by atoms with Gasteiger partial charge in [-0.15, -0.1) is 5.10 Å². The number of ether oxygens (including phenoxy) is 1. The Hall–Kier alpha value is -3.68. The second-order valence-electron chi connectivity index (χ2n) is 10.6. The third kappa shape index (κ3) is 4.03. The number of nitrogens with zero attached hydrogens (tertiary/aromatic N) is 6. The minimum absolute atomic E-state index is 0.0968. The maximum absolute atomic E-state index is 13.8. The first-order valence-electron chi connectivity index (χ1n) is 12.9. The van der Waals surface area contributed by atoms with Gasteiger partial charge in [0.1, 0.15) is 12.2 Å². The summed E-state index contributed by atoms with van der Waals surface area (Å²) in [5.41, 5.74) is -1.17. The van der Waals surface area contributed by atoms with Crippen LogP contribution in [0.1, 0.15) is 31.9 Å². The minimum atomic E-state index is -4.26. The van der Waals surface area contributed by atoms with Crippen molar-refractivity contribution in [3.8, 4) is 17.3 Å². The summed E-state index contributed by atoms with van der Waals surface area (Å²) in [7, 11) is 1.49. The summed E-state index contributed by atoms with van der Waals surface area (Å²) in [6.07, 6.45) is -2.57. The molecule has 11 nitrogen and oxygen atoms in total. The molecule has 3 aromatic rings. The standard InChI is InChI=1S/C25H29F3N8O3/c1-3-16-19(34-8-6-29-7-9-34)21(38)36-22(31-20(33-36)15-4-5-30-18(10-15)39-2)35(16)11-17(37)32-24-12-23(13-24,14-24)25(26,27)28/h4-5,10,29H,3,6-9,11-14H2,1-2H3,(H,32,37). The molecule has 4 fully saturated rings. The van der Waals surface area contributed by atoms with E-state index in [1.54, 1.807) is 22.9 Å². The highest BCUT2D eigenvalue weighted by molar-refractivity contribution is 5.78. The fourth-order valence-electron chi connectivity index (χ4n) is 6.30. The van der Waals surface area contributed by atoms with Crippen LogP contribution in [-0.2, 0) is 17.8 Å². The number of carbonyl (C=O) groups excluding carboxylic acids is 1. The Morgan fingerprint density at radius 3 is 2.59 bits per heavy atom. The van der Waals surface area contributed by atoms with Crippen LogP contribution in [0.3, 0.4) is 0 Å². The number of alkyl halides is 3. The van der Waals surface area contributed by atoms with Crippen LogP contribution < -0.4 is 25.8 Å². The summed E-state index contributed by atoms with van der Waals surface area (Å²) >= 11 is 0. The molecule has 2 N–H and O–H groups in total. The number of hydrogen-bond donors (Lipinski definition) is 2. The highest BCUT2D eigenvalue weighted by Gasteiger charge is 2.78. The summed E-state index contributed by atoms with van der Waals surface area (Å²) in [4.78, 5) is 37.7. The number of pyridine rings is 1. The molecule has 4 aliphatic rings. The number of rotatable bonds is 7. The quantitative estimate of drug-likeness (QED) is 0.458. The lowest BCUT2D eigenvalue weighted by molar-refractivity contribution is -0.337. The van der Waals surface area contributed by atoms with Gasteiger partial charge in [0.25, 0.3) is 5.56 Å². The lowest BCUT2D eigenvalue weighted by Gasteiger charge is -2.70. The minimum Gasteiger partial charge on any atom is -0.481 e. The van der Waals surface area contributed by atoms with Crippen molar-refractivity contribution in [1.29, 1.82) is 0 Å². The highest BCUT2D eigenvalue weighted by Crippen LogP contribution is 2.73. The Labute approximate surface area is 221 Å². The summed E-state index contributed by atoms with van der Waals surface area (Å²) in [6.45, 7) is 4.29. The van der Waals surface area contributed by atoms with Gasteiger partial charge in [-0.1, -0.05) is 6.92 Å². The number of anilines is 1. The average molecular weight is 547 g/mol. The molecule has 2 bridgehead atoms. The fraction of sp³-hybridized carbons (Fsp3) is 0.560. The maximum Gasteiger partial charge on any atom is 0.394 e. The van der Waals surface area contributed by atoms with Crippen molar-refractivity contribution in [2.24, 2.45) is 5.41 Å². The van der Waals surface area contributed by atoms with Gasteiger partial charge in [0, 0.05) is 49.5 Å². The van der Waals surface area contributed by atoms with E-state index >= 15 is 0 Å². The van der Waals surface area contributed by atoms with Gasteiger partial charge in [-0.25, -0.2) is 4.98 Å². The van der Waals surface area contributed by atoms with E-state index in [0.717, 1.165) is 0 Å². The van der Waals surface area contributed by atoms with Gasteiger partial charge < -0.3 is 24.8 Å². The van der Waals surface area contributed by atoms with Crippen LogP contribution >= 0.6 is 0 Å². The van der Waals surface area contributed by atoms with E-state index in [-0.39, 0.29) is 43.0 Å². The SMILES string of the molecule is CCc1c(N2CCNCC2)c(=O)n2nc(-c3ccnc(OC)c3)nc2n1CC(=O)NC12CC(C(F)(F)F)(C1)C2. The second kappa shape index (κ2) is 8.93. The van der Waals surface area contributed by atoms with Crippen LogP contribution in [0, 0.1) is 5.41 Å². The van der Waals surface area contributed by atoms with Crippen LogP contribution in [0.25, 0.3) is 17.2 Å². The van der Waals surface area contributed by atoms with Gasteiger partial charge in [0.15, 0.2) is 5.82 Å². The Morgan fingerprint density at radius 1 is 1.23 bits per heavy atom. The number of carbonyl (C=O) groups is 1. The zero-order chi connectivity index (χ0) is 27.6. The first-order chi connectivity index (χ1) is 18.6. The van der Waals surface area contributed by atoms with E-state index < -0.39 is 23.0 Å². The molecule has 39 heavy (non-hydrogen) atoms. The van der Waals surface area contributed by atoms with Gasteiger partial charge in [-0.05, 0) is 31.7 Å². The topological polar surface area (TPSA) is 119 Å². The molecule has 7 rings (SSSR count). The molecule has 1 aliphatic heterocycles. The Bertz CT molecular complexity index is 1490. The Morgan fingerprint density at radius 2 is 1.95 bits per heavy atom. The molecule has 0 atom stereocenters. The van der Waals surface area contributed by atoms with Crippen LogP contribution in [-0.4, -0.2) is 75.1 Å². The molecule has 4 heterocycles. The number of piperazine rings is 1. The molecule has 3 saturated carbocycles. The van der Waals surface area contributed by atoms with E-state index in [1.807, 2.05) is 11.8 Å². The third-order valence-electron chi connectivity index (χ3n) is 8.13. The first kappa shape index (κ1) is 25.6. The third-order valence-corrected chi connectivity index (χ3v) is 8.13. The summed E-state index contributed by atoms with van der Waals surface area (Å²) < 4.78 is 48.0. The average Bonchev–Trinajstić information content (AvgIpc) is 3.32. The van der Waals surface area contributed by atoms with Gasteiger partial charge in [0.05, 0.1) is 18.2 Å². The second-order valence-corrected chi connectivity index (χ2v) is 10.6. The molecular formula is C25H29F3N8O3. The van der Waals surface area contributed by atoms with Gasteiger partial charge >= 0.3 is 6.18 Å². The number of halogens is 3. The predicted octanol–water partition coefficient (Wildman–Crippen LogP) is 1.53. The molecule has 208 valence electrons. The lowest BCUT2D eigenvalue weighted by Crippen LogP contribution is -2.78. The van der Waals surface area contributed by atoms with Crippen molar-refractivity contribution in [2.45, 2.75) is 50.9 Å². The zero-order valence-corrected chi connectivity index (χ0v) is 21.6. The summed E-state index contributed by atoms with van der Waals surface area (Å²) in [5.74, 6) is 0.369. The molecular weight excluding hydrogens is 517 g/mol. The smallest absolute Gasteiger partial charge is 0.394 e. The molecule has 3 aliphatic carbocycles. The summed E-state index contributed by atoms with van der Waals surface area (Å²) in [5, 5.41) is 10.6. The number of nitrogens with one attached hydrogen (secondary N) is 2. The number of aromatic nitrogens is 5. The van der Waals surface area contributed by atoms with E-state index in [1.165, 1.54) is 11.6 Å². The first-order valence-corrected chi connectivity index (χ1v) is 12.9. The van der Waals surface area contributed by atoms with Gasteiger partial charge in [-0.3, -0.25) is 9.59 Å². The molecule has 0 radical (unpaired) electrons.